The molecule has 0 spiro atoms. The van der Waals surface area contributed by atoms with Gasteiger partial charge in [-0.3, -0.25) is 10.1 Å². The standard InChI is InChI=1S/C13H12N2O4/c1-3-19-13(16)12(8-14)9(2)10-4-6-11(7-5-10)15(17)18/h4-7H,3H2,1-2H3. The van der Waals surface area contributed by atoms with Gasteiger partial charge in [-0.1, -0.05) is 0 Å². The lowest BCUT2D eigenvalue weighted by Crippen LogP contribution is -2.08. The normalized spacial score (nSPS) is 11.2. The summed E-state index contributed by atoms with van der Waals surface area (Å²) in [6, 6.07) is 7.41. The average Bonchev–Trinajstić information content (AvgIpc) is 2.39. The van der Waals surface area contributed by atoms with Crippen LogP contribution >= 0.6 is 0 Å². The molecule has 0 radical (unpaired) electrons. The predicted octanol–water partition coefficient (Wildman–Crippen LogP) is 2.45. The molecule has 0 N–H and O–H groups in total. The largest absolute Gasteiger partial charge is 0.462 e. The van der Waals surface area contributed by atoms with E-state index in [0.717, 1.165) is 0 Å². The number of hydrogen-bond acceptors (Lipinski definition) is 5. The molecule has 0 amide bonds. The van der Waals surface area contributed by atoms with Crippen molar-refractivity contribution >= 4 is 17.2 Å². The van der Waals surface area contributed by atoms with Crippen molar-refractivity contribution in [3.63, 3.8) is 0 Å². The van der Waals surface area contributed by atoms with Crippen molar-refractivity contribution in [3.05, 3.63) is 45.5 Å². The molecule has 0 aliphatic carbocycles. The third-order valence-corrected chi connectivity index (χ3v) is 2.48. The van der Waals surface area contributed by atoms with Crippen LogP contribution in [0.5, 0.6) is 0 Å². The van der Waals surface area contributed by atoms with Crippen LogP contribution in [0, 0.1) is 21.4 Å². The molecule has 0 saturated carbocycles. The number of nitrogens with zero attached hydrogens (tertiary/aromatic N) is 2. The van der Waals surface area contributed by atoms with E-state index in [1.165, 1.54) is 24.3 Å². The van der Waals surface area contributed by atoms with Gasteiger partial charge < -0.3 is 4.74 Å². The third kappa shape index (κ3) is 3.39. The highest BCUT2D eigenvalue weighted by atomic mass is 16.6. The molecule has 0 unspecified atom stereocenters. The van der Waals surface area contributed by atoms with Gasteiger partial charge in [-0.2, -0.15) is 5.26 Å². The number of benzene rings is 1. The van der Waals surface area contributed by atoms with Gasteiger partial charge in [0.05, 0.1) is 11.5 Å². The second kappa shape index (κ2) is 6.31. The summed E-state index contributed by atoms with van der Waals surface area (Å²) in [5.74, 6) is -0.694. The van der Waals surface area contributed by atoms with Gasteiger partial charge in [0, 0.05) is 12.1 Å². The van der Waals surface area contributed by atoms with Crippen molar-refractivity contribution in [1.82, 2.24) is 0 Å². The molecule has 0 fully saturated rings. The van der Waals surface area contributed by atoms with Crippen LogP contribution in [0.4, 0.5) is 5.69 Å². The zero-order valence-corrected chi connectivity index (χ0v) is 10.5. The Balaban J connectivity index is 3.16. The quantitative estimate of drug-likeness (QED) is 0.272. The highest BCUT2D eigenvalue weighted by Gasteiger charge is 2.15. The zero-order valence-electron chi connectivity index (χ0n) is 10.5. The van der Waals surface area contributed by atoms with E-state index >= 15 is 0 Å². The summed E-state index contributed by atoms with van der Waals surface area (Å²) in [7, 11) is 0. The maximum atomic E-state index is 11.6. The Bertz CT molecular complexity index is 567. The molecule has 0 atom stereocenters. The number of rotatable bonds is 4. The van der Waals surface area contributed by atoms with E-state index < -0.39 is 10.9 Å². The third-order valence-electron chi connectivity index (χ3n) is 2.48. The van der Waals surface area contributed by atoms with Crippen LogP contribution in [-0.2, 0) is 9.53 Å². The van der Waals surface area contributed by atoms with Crippen molar-refractivity contribution in [2.75, 3.05) is 6.61 Å². The zero-order chi connectivity index (χ0) is 14.4. The van der Waals surface area contributed by atoms with Gasteiger partial charge in [-0.05, 0) is 37.1 Å². The van der Waals surface area contributed by atoms with E-state index in [9.17, 15) is 14.9 Å². The number of hydrogen-bond donors (Lipinski definition) is 0. The maximum absolute atomic E-state index is 11.6. The summed E-state index contributed by atoms with van der Waals surface area (Å²) in [5, 5.41) is 19.5. The first-order valence-electron chi connectivity index (χ1n) is 5.54. The van der Waals surface area contributed by atoms with E-state index in [1.807, 2.05) is 0 Å². The van der Waals surface area contributed by atoms with Crippen molar-refractivity contribution in [2.24, 2.45) is 0 Å². The fourth-order valence-corrected chi connectivity index (χ4v) is 1.46. The van der Waals surface area contributed by atoms with E-state index in [-0.39, 0.29) is 17.9 Å². The minimum atomic E-state index is -0.694. The lowest BCUT2D eigenvalue weighted by atomic mass is 10.0. The molecule has 0 aromatic heterocycles. The minimum Gasteiger partial charge on any atom is -0.462 e. The molecule has 19 heavy (non-hydrogen) atoms. The molecule has 1 aromatic rings. The summed E-state index contributed by atoms with van der Waals surface area (Å²) in [5.41, 5.74) is 0.841. The number of carbonyl (C=O) groups excluding carboxylic acids is 1. The molecule has 1 rings (SSSR count). The highest BCUT2D eigenvalue weighted by molar-refractivity contribution is 6.01. The predicted molar refractivity (Wildman–Crippen MR) is 67.9 cm³/mol. The van der Waals surface area contributed by atoms with Crippen molar-refractivity contribution in [3.8, 4) is 6.07 Å². The first kappa shape index (κ1) is 14.4. The summed E-state index contributed by atoms with van der Waals surface area (Å²) in [4.78, 5) is 21.6. The highest BCUT2D eigenvalue weighted by Crippen LogP contribution is 2.21. The van der Waals surface area contributed by atoms with Gasteiger partial charge >= 0.3 is 5.97 Å². The number of non-ortho nitro benzene ring substituents is 1. The van der Waals surface area contributed by atoms with Crippen LogP contribution in [0.25, 0.3) is 5.57 Å². The smallest absolute Gasteiger partial charge is 0.349 e. The molecule has 98 valence electrons. The van der Waals surface area contributed by atoms with Gasteiger partial charge in [0.15, 0.2) is 0 Å². The summed E-state index contributed by atoms with van der Waals surface area (Å²) in [6.45, 7) is 3.42. The number of nitro groups is 1. The topological polar surface area (TPSA) is 93.2 Å². The SMILES string of the molecule is CCOC(=O)C(C#N)=C(C)c1ccc([N+](=O)[O-])cc1. The molecule has 0 aliphatic rings. The first-order chi connectivity index (χ1) is 9.01. The monoisotopic (exact) mass is 260 g/mol. The average molecular weight is 260 g/mol. The van der Waals surface area contributed by atoms with Gasteiger partial charge in [0.1, 0.15) is 11.6 Å². The number of carbonyl (C=O) groups is 1. The molecule has 6 nitrogen and oxygen atoms in total. The van der Waals surface area contributed by atoms with Crippen LogP contribution in [0.3, 0.4) is 0 Å². The molecule has 1 aromatic carbocycles. The fraction of sp³-hybridized carbons (Fsp3) is 0.231. The minimum absolute atomic E-state index is 0.0498. The summed E-state index contributed by atoms with van der Waals surface area (Å²) in [6.07, 6.45) is 0. The summed E-state index contributed by atoms with van der Waals surface area (Å²) < 4.78 is 4.77. The van der Waals surface area contributed by atoms with E-state index in [1.54, 1.807) is 19.9 Å². The number of nitriles is 1. The van der Waals surface area contributed by atoms with Crippen molar-refractivity contribution < 1.29 is 14.5 Å². The van der Waals surface area contributed by atoms with Crippen LogP contribution < -0.4 is 0 Å². The second-order valence-corrected chi connectivity index (χ2v) is 3.64. The lowest BCUT2D eigenvalue weighted by Gasteiger charge is -2.05. The maximum Gasteiger partial charge on any atom is 0.349 e. The van der Waals surface area contributed by atoms with Crippen molar-refractivity contribution in [1.29, 1.82) is 5.26 Å². The first-order valence-corrected chi connectivity index (χ1v) is 5.54. The molecule has 0 aliphatic heterocycles. The Labute approximate surface area is 110 Å². The van der Waals surface area contributed by atoms with Gasteiger partial charge in [-0.25, -0.2) is 4.79 Å². The number of ether oxygens (including phenoxy) is 1. The van der Waals surface area contributed by atoms with Crippen LogP contribution in [-0.4, -0.2) is 17.5 Å². The van der Waals surface area contributed by atoms with Gasteiger partial charge in [0.2, 0.25) is 0 Å². The van der Waals surface area contributed by atoms with Gasteiger partial charge in [0.25, 0.3) is 5.69 Å². The molecular formula is C13H12N2O4. The Morgan fingerprint density at radius 1 is 1.42 bits per heavy atom. The van der Waals surface area contributed by atoms with Crippen LogP contribution in [0.15, 0.2) is 29.8 Å². The van der Waals surface area contributed by atoms with Gasteiger partial charge in [-0.15, -0.1) is 0 Å². The number of nitro benzene ring substituents is 1. The number of allylic oxidation sites excluding steroid dienone is 1. The Morgan fingerprint density at radius 3 is 2.42 bits per heavy atom. The lowest BCUT2D eigenvalue weighted by molar-refractivity contribution is -0.384. The molecule has 0 bridgehead atoms. The van der Waals surface area contributed by atoms with Crippen LogP contribution in [0.1, 0.15) is 19.4 Å². The molecule has 6 heteroatoms. The Hall–Kier alpha value is -2.68. The van der Waals surface area contributed by atoms with E-state index in [4.69, 9.17) is 10.00 Å². The molecule has 0 heterocycles. The Morgan fingerprint density at radius 2 is 2.00 bits per heavy atom. The van der Waals surface area contributed by atoms with E-state index in [2.05, 4.69) is 0 Å². The van der Waals surface area contributed by atoms with Crippen molar-refractivity contribution in [2.45, 2.75) is 13.8 Å². The van der Waals surface area contributed by atoms with Crippen LogP contribution in [0.2, 0.25) is 0 Å². The molecular weight excluding hydrogens is 248 g/mol. The molecule has 0 saturated heterocycles. The number of esters is 1. The Kier molecular flexibility index (Phi) is 4.77. The fourth-order valence-electron chi connectivity index (χ4n) is 1.46. The second-order valence-electron chi connectivity index (χ2n) is 3.64. The van der Waals surface area contributed by atoms with E-state index in [0.29, 0.717) is 11.1 Å². The summed E-state index contributed by atoms with van der Waals surface area (Å²) >= 11 is 0.